The van der Waals surface area contributed by atoms with E-state index < -0.39 is 17.4 Å². The van der Waals surface area contributed by atoms with Crippen molar-refractivity contribution < 1.29 is 14.3 Å². The number of hydrogen-bond acceptors (Lipinski definition) is 4. The lowest BCUT2D eigenvalue weighted by atomic mass is 9.67. The minimum absolute atomic E-state index is 0.0305. The van der Waals surface area contributed by atoms with E-state index in [9.17, 15) is 9.59 Å². The number of carbonyl (C=O) groups is 2. The molecule has 3 aliphatic rings. The second kappa shape index (κ2) is 4.69. The second-order valence-corrected chi connectivity index (χ2v) is 7.12. The third-order valence-corrected chi connectivity index (χ3v) is 5.31. The highest BCUT2D eigenvalue weighted by Gasteiger charge is 2.54. The normalized spacial score (nSPS) is 24.9. The van der Waals surface area contributed by atoms with Crippen molar-refractivity contribution in [2.45, 2.75) is 33.7 Å². The molecule has 1 unspecified atom stereocenters. The second-order valence-electron chi connectivity index (χ2n) is 7.12. The molecule has 0 N–H and O–H groups in total. The molecule has 1 aromatic carbocycles. The first-order valence-corrected chi connectivity index (χ1v) is 8.09. The lowest BCUT2D eigenvalue weighted by Crippen LogP contribution is -2.46. The van der Waals surface area contributed by atoms with E-state index in [-0.39, 0.29) is 6.04 Å². The van der Waals surface area contributed by atoms with Crippen molar-refractivity contribution in [2.75, 3.05) is 4.90 Å². The summed E-state index contributed by atoms with van der Waals surface area (Å²) in [6.07, 6.45) is 2.12. The number of hydrogen-bond donors (Lipinski definition) is 0. The predicted molar refractivity (Wildman–Crippen MR) is 91.1 cm³/mol. The van der Waals surface area contributed by atoms with Gasteiger partial charge >= 0.3 is 11.9 Å². The van der Waals surface area contributed by atoms with Crippen molar-refractivity contribution in [3.8, 4) is 0 Å². The Labute approximate surface area is 141 Å². The van der Waals surface area contributed by atoms with Crippen molar-refractivity contribution in [3.05, 3.63) is 64.4 Å². The summed E-state index contributed by atoms with van der Waals surface area (Å²) in [6, 6.07) is 10.1. The third kappa shape index (κ3) is 1.74. The van der Waals surface area contributed by atoms with Gasteiger partial charge in [-0.3, -0.25) is 0 Å². The van der Waals surface area contributed by atoms with Crippen LogP contribution in [0.2, 0.25) is 0 Å². The maximum atomic E-state index is 12.3. The summed E-state index contributed by atoms with van der Waals surface area (Å²) in [5, 5.41) is 0. The zero-order valence-corrected chi connectivity index (χ0v) is 14.2. The van der Waals surface area contributed by atoms with E-state index >= 15 is 0 Å². The van der Waals surface area contributed by atoms with Gasteiger partial charge in [-0.25, -0.2) is 9.59 Å². The number of carbonyl (C=O) groups excluding carboxylic acids is 2. The monoisotopic (exact) mass is 321 g/mol. The van der Waals surface area contributed by atoms with Crippen molar-refractivity contribution in [1.29, 1.82) is 0 Å². The minimum Gasteiger partial charge on any atom is -0.386 e. The number of benzene rings is 1. The Morgan fingerprint density at radius 3 is 2.38 bits per heavy atom. The summed E-state index contributed by atoms with van der Waals surface area (Å²) in [5.74, 6) is -1.02. The summed E-state index contributed by atoms with van der Waals surface area (Å²) in [4.78, 5) is 26.8. The van der Waals surface area contributed by atoms with Gasteiger partial charge in [0.05, 0.1) is 17.2 Å². The van der Waals surface area contributed by atoms with Crippen molar-refractivity contribution >= 4 is 17.6 Å². The number of rotatable bonds is 1. The highest BCUT2D eigenvalue weighted by atomic mass is 16.6. The van der Waals surface area contributed by atoms with E-state index in [1.807, 2.05) is 39.0 Å². The van der Waals surface area contributed by atoms with E-state index in [2.05, 4.69) is 30.0 Å². The molecule has 0 saturated heterocycles. The molecule has 122 valence electrons. The average molecular weight is 321 g/mol. The van der Waals surface area contributed by atoms with E-state index in [4.69, 9.17) is 4.74 Å². The van der Waals surface area contributed by atoms with Crippen LogP contribution in [0.15, 0.2) is 64.4 Å². The highest BCUT2D eigenvalue weighted by Crippen LogP contribution is 2.53. The Balaban J connectivity index is 1.95. The van der Waals surface area contributed by atoms with Crippen LogP contribution in [0.1, 0.15) is 27.7 Å². The molecule has 4 rings (SSSR count). The van der Waals surface area contributed by atoms with Crippen molar-refractivity contribution in [3.63, 3.8) is 0 Å². The molecule has 0 fully saturated rings. The number of nitrogens with zero attached hydrogens (tertiary/aromatic N) is 1. The maximum absolute atomic E-state index is 12.3. The molecule has 0 amide bonds. The van der Waals surface area contributed by atoms with Gasteiger partial charge in [-0.15, -0.1) is 0 Å². The number of anilines is 1. The number of fused-ring (bicyclic) bond motifs is 1. The van der Waals surface area contributed by atoms with Gasteiger partial charge in [0.25, 0.3) is 0 Å². The van der Waals surface area contributed by atoms with Crippen LogP contribution in [0, 0.1) is 5.41 Å². The minimum atomic E-state index is -0.530. The van der Waals surface area contributed by atoms with Gasteiger partial charge in [0.1, 0.15) is 0 Å². The van der Waals surface area contributed by atoms with Gasteiger partial charge in [0.15, 0.2) is 0 Å². The van der Waals surface area contributed by atoms with Gasteiger partial charge in [0, 0.05) is 16.8 Å². The number of esters is 2. The molecule has 24 heavy (non-hydrogen) atoms. The smallest absolute Gasteiger partial charge is 0.346 e. The standard InChI is InChI=1S/C20H19NO3/c1-11-10-14-12(2)15-16(19(23)24-18(15)22)20(3,4)17(14)21(11)13-8-6-5-7-9-13/h5-10,17H,1-4H3. The number of ether oxygens (including phenoxy) is 1. The Morgan fingerprint density at radius 2 is 1.71 bits per heavy atom. The van der Waals surface area contributed by atoms with Crippen LogP contribution in [0.25, 0.3) is 0 Å². The Morgan fingerprint density at radius 1 is 1.04 bits per heavy atom. The lowest BCUT2D eigenvalue weighted by molar-refractivity contribution is -0.151. The molecular formula is C20H19NO3. The summed E-state index contributed by atoms with van der Waals surface area (Å²) < 4.78 is 4.92. The molecule has 4 nitrogen and oxygen atoms in total. The molecule has 0 radical (unpaired) electrons. The third-order valence-electron chi connectivity index (χ3n) is 5.31. The van der Waals surface area contributed by atoms with Gasteiger partial charge in [-0.2, -0.15) is 0 Å². The number of para-hydroxylation sites is 1. The Bertz CT molecular complexity index is 871. The van der Waals surface area contributed by atoms with Crippen molar-refractivity contribution in [2.24, 2.45) is 5.41 Å². The van der Waals surface area contributed by atoms with Gasteiger partial charge in [-0.05, 0) is 43.2 Å². The first-order chi connectivity index (χ1) is 11.3. The predicted octanol–water partition coefficient (Wildman–Crippen LogP) is 3.52. The molecule has 0 saturated carbocycles. The van der Waals surface area contributed by atoms with Crippen LogP contribution in [-0.2, 0) is 14.3 Å². The molecule has 0 aromatic heterocycles. The molecule has 1 aliphatic carbocycles. The topological polar surface area (TPSA) is 46.6 Å². The van der Waals surface area contributed by atoms with Crippen LogP contribution in [0.3, 0.4) is 0 Å². The zero-order chi connectivity index (χ0) is 17.2. The summed E-state index contributed by atoms with van der Waals surface area (Å²) >= 11 is 0. The largest absolute Gasteiger partial charge is 0.386 e. The quantitative estimate of drug-likeness (QED) is 0.586. The molecule has 1 atom stereocenters. The lowest BCUT2D eigenvalue weighted by Gasteiger charge is -2.43. The highest BCUT2D eigenvalue weighted by molar-refractivity contribution is 6.16. The van der Waals surface area contributed by atoms with Crippen LogP contribution in [0.5, 0.6) is 0 Å². The van der Waals surface area contributed by atoms with E-state index in [1.54, 1.807) is 0 Å². The van der Waals surface area contributed by atoms with E-state index in [0.717, 1.165) is 22.5 Å². The Hall–Kier alpha value is -2.62. The number of allylic oxidation sites excluding steroid dienone is 1. The average Bonchev–Trinajstić information content (AvgIpc) is 3.04. The molecular weight excluding hydrogens is 302 g/mol. The SMILES string of the molecule is CC1=CC2=C(C)C3=C(C(=O)OC3=O)C(C)(C)C2N1c1ccccc1. The van der Waals surface area contributed by atoms with E-state index in [1.165, 1.54) is 0 Å². The maximum Gasteiger partial charge on any atom is 0.346 e. The first kappa shape index (κ1) is 14.9. The molecule has 2 aliphatic heterocycles. The molecule has 0 spiro atoms. The number of cyclic esters (lactones) is 2. The molecule has 4 heteroatoms. The first-order valence-electron chi connectivity index (χ1n) is 8.09. The Kier molecular flexibility index (Phi) is 2.92. The summed E-state index contributed by atoms with van der Waals surface area (Å²) in [7, 11) is 0. The van der Waals surface area contributed by atoms with Crippen LogP contribution in [0.4, 0.5) is 5.69 Å². The fraction of sp³-hybridized carbons (Fsp3) is 0.300. The van der Waals surface area contributed by atoms with E-state index in [0.29, 0.717) is 11.1 Å². The van der Waals surface area contributed by atoms with Crippen LogP contribution >= 0.6 is 0 Å². The summed E-state index contributed by atoms with van der Waals surface area (Å²) in [5.41, 5.74) is 4.55. The summed E-state index contributed by atoms with van der Waals surface area (Å²) in [6.45, 7) is 8.00. The van der Waals surface area contributed by atoms with Gasteiger partial charge in [0.2, 0.25) is 0 Å². The van der Waals surface area contributed by atoms with Crippen molar-refractivity contribution in [1.82, 2.24) is 0 Å². The zero-order valence-electron chi connectivity index (χ0n) is 14.2. The fourth-order valence-electron chi connectivity index (χ4n) is 4.28. The van der Waals surface area contributed by atoms with Gasteiger partial charge in [-0.1, -0.05) is 32.0 Å². The molecule has 0 bridgehead atoms. The molecule has 2 heterocycles. The fourth-order valence-corrected chi connectivity index (χ4v) is 4.28. The van der Waals surface area contributed by atoms with Crippen LogP contribution < -0.4 is 4.90 Å². The van der Waals surface area contributed by atoms with Crippen LogP contribution in [-0.4, -0.2) is 18.0 Å². The molecule has 1 aromatic rings. The van der Waals surface area contributed by atoms with Gasteiger partial charge < -0.3 is 9.64 Å².